The molecule has 2 aliphatic carbocycles. The zero-order chi connectivity index (χ0) is 12.2. The number of hydrogen-bond acceptors (Lipinski definition) is 0. The average Bonchev–Trinajstić information content (AvgIpc) is 2.15. The molecule has 0 spiro atoms. The summed E-state index contributed by atoms with van der Waals surface area (Å²) in [4.78, 5) is 0. The molecule has 2 saturated carbocycles. The summed E-state index contributed by atoms with van der Waals surface area (Å²) in [6.45, 7) is 0. The van der Waals surface area contributed by atoms with Crippen LogP contribution in [0.15, 0.2) is 0 Å². The molecular formula is C10H12F6. The van der Waals surface area contributed by atoms with Gasteiger partial charge in [0.05, 0.1) is 0 Å². The lowest BCUT2D eigenvalue weighted by Crippen LogP contribution is -2.64. The predicted molar refractivity (Wildman–Crippen MR) is 44.9 cm³/mol. The summed E-state index contributed by atoms with van der Waals surface area (Å²) in [7, 11) is 0. The first-order valence-electron chi connectivity index (χ1n) is 5.33. The predicted octanol–water partition coefficient (Wildman–Crippen LogP) is 4.10. The minimum atomic E-state index is -5.21. The van der Waals surface area contributed by atoms with Gasteiger partial charge in [-0.3, -0.25) is 0 Å². The largest absolute Gasteiger partial charge is 0.372 e. The van der Waals surface area contributed by atoms with Crippen molar-refractivity contribution in [2.75, 3.05) is 0 Å². The van der Waals surface area contributed by atoms with Crippen molar-refractivity contribution in [1.29, 1.82) is 0 Å². The molecule has 0 N–H and O–H groups in total. The molecule has 2 rings (SSSR count). The van der Waals surface area contributed by atoms with E-state index in [-0.39, 0.29) is 12.8 Å². The monoisotopic (exact) mass is 246 g/mol. The molecule has 2 atom stereocenters. The first kappa shape index (κ1) is 12.0. The van der Waals surface area contributed by atoms with Crippen molar-refractivity contribution in [3.05, 3.63) is 0 Å². The van der Waals surface area contributed by atoms with E-state index < -0.39 is 36.0 Å². The zero-order valence-corrected chi connectivity index (χ0v) is 8.46. The maximum Gasteiger partial charge on any atom is 0.372 e. The van der Waals surface area contributed by atoms with Gasteiger partial charge in [0.15, 0.2) is 0 Å². The van der Waals surface area contributed by atoms with Crippen LogP contribution in [0.5, 0.6) is 0 Å². The molecule has 0 nitrogen and oxygen atoms in total. The number of alkyl halides is 6. The molecule has 0 aliphatic heterocycles. The van der Waals surface area contributed by atoms with E-state index in [1.807, 2.05) is 0 Å². The number of hydrogen-bond donors (Lipinski definition) is 0. The fraction of sp³-hybridized carbons (Fsp3) is 1.00. The van der Waals surface area contributed by atoms with Gasteiger partial charge < -0.3 is 0 Å². The van der Waals surface area contributed by atoms with Crippen molar-refractivity contribution in [1.82, 2.24) is 0 Å². The van der Waals surface area contributed by atoms with Crippen LogP contribution in [0.4, 0.5) is 26.3 Å². The highest BCUT2D eigenvalue weighted by Gasteiger charge is 2.77. The van der Waals surface area contributed by atoms with Crippen LogP contribution < -0.4 is 0 Å². The van der Waals surface area contributed by atoms with E-state index in [9.17, 15) is 26.3 Å². The highest BCUT2D eigenvalue weighted by molar-refractivity contribution is 5.07. The number of rotatable bonds is 0. The third kappa shape index (κ3) is 1.37. The second-order valence-corrected chi connectivity index (χ2v) is 4.76. The Balaban J connectivity index is 2.37. The summed E-state index contributed by atoms with van der Waals surface area (Å²) in [6.07, 6.45) is -0.00712. The molecule has 16 heavy (non-hydrogen) atoms. The lowest BCUT2D eigenvalue weighted by atomic mass is 9.66. The molecule has 6 heteroatoms. The lowest BCUT2D eigenvalue weighted by molar-refractivity contribution is -0.360. The minimum absolute atomic E-state index is 0.0800. The van der Waals surface area contributed by atoms with E-state index in [2.05, 4.69) is 0 Å². The quantitative estimate of drug-likeness (QED) is 0.564. The van der Waals surface area contributed by atoms with Gasteiger partial charge in [0, 0.05) is 12.3 Å². The van der Waals surface area contributed by atoms with E-state index in [0.717, 1.165) is 0 Å². The molecule has 0 heterocycles. The van der Waals surface area contributed by atoms with Crippen LogP contribution in [0.1, 0.15) is 32.1 Å². The summed E-state index contributed by atoms with van der Waals surface area (Å²) in [5, 5.41) is 0. The Kier molecular flexibility index (Phi) is 2.48. The molecule has 0 bridgehead atoms. The van der Waals surface area contributed by atoms with Crippen LogP contribution in [-0.2, 0) is 0 Å². The zero-order valence-electron chi connectivity index (χ0n) is 8.46. The first-order valence-corrected chi connectivity index (χ1v) is 5.33. The van der Waals surface area contributed by atoms with Gasteiger partial charge in [-0.2, -0.15) is 26.3 Å². The van der Waals surface area contributed by atoms with Crippen LogP contribution in [0.25, 0.3) is 0 Å². The molecule has 94 valence electrons. The van der Waals surface area contributed by atoms with Gasteiger partial charge >= 0.3 is 17.8 Å². The Bertz CT molecular complexity index is 285. The fourth-order valence-electron chi connectivity index (χ4n) is 2.86. The molecule has 0 aromatic rings. The maximum atomic E-state index is 13.4. The maximum absolute atomic E-state index is 13.4. The Hall–Kier alpha value is -0.420. The van der Waals surface area contributed by atoms with Crippen molar-refractivity contribution >= 4 is 0 Å². The van der Waals surface area contributed by atoms with Crippen molar-refractivity contribution in [3.63, 3.8) is 0 Å². The van der Waals surface area contributed by atoms with Gasteiger partial charge in [0.25, 0.3) is 0 Å². The Morgan fingerprint density at radius 2 is 1.38 bits per heavy atom. The van der Waals surface area contributed by atoms with Crippen LogP contribution >= 0.6 is 0 Å². The number of fused-ring (bicyclic) bond motifs is 1. The van der Waals surface area contributed by atoms with E-state index in [1.165, 1.54) is 0 Å². The summed E-state index contributed by atoms with van der Waals surface area (Å²) in [6, 6.07) is 0. The summed E-state index contributed by atoms with van der Waals surface area (Å²) < 4.78 is 78.9. The van der Waals surface area contributed by atoms with Crippen LogP contribution in [0, 0.1) is 11.8 Å². The summed E-state index contributed by atoms with van der Waals surface area (Å²) in [5.74, 6) is -16.9. The SMILES string of the molecule is FC1(F)CC2CCCCC2C(F)(F)C1(F)F. The van der Waals surface area contributed by atoms with Crippen molar-refractivity contribution in [2.45, 2.75) is 49.9 Å². The Labute approximate surface area is 89.0 Å². The van der Waals surface area contributed by atoms with Crippen LogP contribution in [0.2, 0.25) is 0 Å². The first-order chi connectivity index (χ1) is 7.20. The smallest absolute Gasteiger partial charge is 0.200 e. The van der Waals surface area contributed by atoms with Gasteiger partial charge in [0.2, 0.25) is 0 Å². The third-order valence-corrected chi connectivity index (χ3v) is 3.77. The van der Waals surface area contributed by atoms with Crippen LogP contribution in [0.3, 0.4) is 0 Å². The Morgan fingerprint density at radius 3 is 2.00 bits per heavy atom. The molecule has 0 saturated heterocycles. The van der Waals surface area contributed by atoms with Crippen LogP contribution in [-0.4, -0.2) is 17.8 Å². The average molecular weight is 246 g/mol. The van der Waals surface area contributed by atoms with Gasteiger partial charge in [-0.05, 0) is 18.8 Å². The molecule has 2 fully saturated rings. The van der Waals surface area contributed by atoms with Crippen molar-refractivity contribution < 1.29 is 26.3 Å². The molecule has 2 aliphatic rings. The molecule has 0 amide bonds. The topological polar surface area (TPSA) is 0 Å². The van der Waals surface area contributed by atoms with E-state index in [1.54, 1.807) is 0 Å². The minimum Gasteiger partial charge on any atom is -0.200 e. The lowest BCUT2D eigenvalue weighted by Gasteiger charge is -2.48. The van der Waals surface area contributed by atoms with Gasteiger partial charge in [0.1, 0.15) is 0 Å². The van der Waals surface area contributed by atoms with Gasteiger partial charge in [-0.1, -0.05) is 12.8 Å². The Morgan fingerprint density at radius 1 is 0.812 bits per heavy atom. The second-order valence-electron chi connectivity index (χ2n) is 4.76. The molecule has 2 unspecified atom stereocenters. The molecule has 0 aromatic carbocycles. The van der Waals surface area contributed by atoms with E-state index in [0.29, 0.717) is 12.8 Å². The van der Waals surface area contributed by atoms with E-state index in [4.69, 9.17) is 0 Å². The summed E-state index contributed by atoms with van der Waals surface area (Å²) in [5.41, 5.74) is 0. The third-order valence-electron chi connectivity index (χ3n) is 3.77. The number of halogens is 6. The van der Waals surface area contributed by atoms with Gasteiger partial charge in [-0.25, -0.2) is 0 Å². The van der Waals surface area contributed by atoms with E-state index >= 15 is 0 Å². The highest BCUT2D eigenvalue weighted by atomic mass is 19.3. The highest BCUT2D eigenvalue weighted by Crippen LogP contribution is 2.60. The second kappa shape index (κ2) is 3.29. The molecular weight excluding hydrogens is 234 g/mol. The molecule has 0 aromatic heterocycles. The standard InChI is InChI=1S/C10H12F6/c11-8(12)5-6-3-1-2-4-7(6)9(13,14)10(8,15)16/h6-7H,1-5H2. The summed E-state index contributed by atoms with van der Waals surface area (Å²) >= 11 is 0. The van der Waals surface area contributed by atoms with Crippen molar-refractivity contribution in [2.24, 2.45) is 11.8 Å². The fourth-order valence-corrected chi connectivity index (χ4v) is 2.86. The molecule has 0 radical (unpaired) electrons. The van der Waals surface area contributed by atoms with Crippen molar-refractivity contribution in [3.8, 4) is 0 Å². The van der Waals surface area contributed by atoms with Gasteiger partial charge in [-0.15, -0.1) is 0 Å². The normalized spacial score (nSPS) is 40.1.